The summed E-state index contributed by atoms with van der Waals surface area (Å²) in [5.41, 5.74) is 2.47. The predicted molar refractivity (Wildman–Crippen MR) is 114 cm³/mol. The van der Waals surface area contributed by atoms with E-state index in [4.69, 9.17) is 14.6 Å². The Labute approximate surface area is 175 Å². The minimum atomic E-state index is -1.03. The molecule has 0 aliphatic heterocycles. The zero-order valence-corrected chi connectivity index (χ0v) is 18.5. The van der Waals surface area contributed by atoms with E-state index in [1.165, 1.54) is 11.1 Å². The van der Waals surface area contributed by atoms with Crippen LogP contribution in [0.15, 0.2) is 23.3 Å². The second kappa shape index (κ2) is 16.8. The summed E-state index contributed by atoms with van der Waals surface area (Å²) < 4.78 is 10.6. The van der Waals surface area contributed by atoms with Gasteiger partial charge in [0.1, 0.15) is 12.7 Å². The van der Waals surface area contributed by atoms with Gasteiger partial charge < -0.3 is 14.6 Å². The largest absolute Gasteiger partial charge is 0.481 e. The number of ether oxygens (including phenoxy) is 2. The van der Waals surface area contributed by atoms with Crippen LogP contribution in [0.4, 0.5) is 0 Å². The van der Waals surface area contributed by atoms with Crippen molar-refractivity contribution in [3.05, 3.63) is 23.3 Å². The third-order valence-electron chi connectivity index (χ3n) is 4.41. The van der Waals surface area contributed by atoms with Gasteiger partial charge in [-0.1, -0.05) is 37.0 Å². The molecule has 0 spiro atoms. The average molecular weight is 411 g/mol. The summed E-state index contributed by atoms with van der Waals surface area (Å²) in [7, 11) is 0. The van der Waals surface area contributed by atoms with E-state index in [-0.39, 0.29) is 37.9 Å². The third-order valence-corrected chi connectivity index (χ3v) is 4.41. The average Bonchev–Trinajstić information content (AvgIpc) is 2.64. The molecule has 0 rings (SSSR count). The SMILES string of the molecule is CCCCCC(CCC(=O)OCC=C(C)CCC=C(C)C)OC(=O)CCC(=O)O. The Kier molecular flexibility index (Phi) is 15.6. The molecular weight excluding hydrogens is 372 g/mol. The molecule has 6 heteroatoms. The highest BCUT2D eigenvalue weighted by Crippen LogP contribution is 2.14. The van der Waals surface area contributed by atoms with E-state index in [1.807, 2.05) is 13.0 Å². The lowest BCUT2D eigenvalue weighted by Crippen LogP contribution is -2.20. The summed E-state index contributed by atoms with van der Waals surface area (Å²) in [5.74, 6) is -1.88. The Bertz CT molecular complexity index is 558. The molecule has 0 aromatic heterocycles. The summed E-state index contributed by atoms with van der Waals surface area (Å²) >= 11 is 0. The van der Waals surface area contributed by atoms with Crippen molar-refractivity contribution in [2.45, 2.75) is 98.0 Å². The van der Waals surface area contributed by atoms with Crippen LogP contribution >= 0.6 is 0 Å². The Hall–Kier alpha value is -2.11. The first-order valence-electron chi connectivity index (χ1n) is 10.6. The second-order valence-electron chi connectivity index (χ2n) is 7.59. The molecule has 0 saturated carbocycles. The number of rotatable bonds is 16. The Balaban J connectivity index is 4.32. The number of carboxylic acid groups (broad SMARTS) is 1. The number of carbonyl (C=O) groups excluding carboxylic acids is 2. The van der Waals surface area contributed by atoms with E-state index in [2.05, 4.69) is 26.8 Å². The number of hydrogen-bond donors (Lipinski definition) is 1. The van der Waals surface area contributed by atoms with E-state index < -0.39 is 11.9 Å². The first kappa shape index (κ1) is 26.9. The van der Waals surface area contributed by atoms with Crippen molar-refractivity contribution in [1.82, 2.24) is 0 Å². The molecule has 0 radical (unpaired) electrons. The maximum Gasteiger partial charge on any atom is 0.306 e. The van der Waals surface area contributed by atoms with Crippen molar-refractivity contribution in [2.24, 2.45) is 0 Å². The van der Waals surface area contributed by atoms with Crippen LogP contribution in [0.25, 0.3) is 0 Å². The van der Waals surface area contributed by atoms with Gasteiger partial charge in [-0.15, -0.1) is 0 Å². The molecule has 1 atom stereocenters. The lowest BCUT2D eigenvalue weighted by Gasteiger charge is -2.17. The zero-order valence-electron chi connectivity index (χ0n) is 18.5. The highest BCUT2D eigenvalue weighted by atomic mass is 16.5. The Morgan fingerprint density at radius 2 is 1.62 bits per heavy atom. The fourth-order valence-electron chi connectivity index (χ4n) is 2.66. The Morgan fingerprint density at radius 3 is 2.24 bits per heavy atom. The van der Waals surface area contributed by atoms with Crippen LogP contribution in [0.5, 0.6) is 0 Å². The van der Waals surface area contributed by atoms with Gasteiger partial charge in [0.15, 0.2) is 0 Å². The Morgan fingerprint density at radius 1 is 0.897 bits per heavy atom. The molecule has 0 bridgehead atoms. The smallest absolute Gasteiger partial charge is 0.306 e. The van der Waals surface area contributed by atoms with Gasteiger partial charge in [0, 0.05) is 6.42 Å². The van der Waals surface area contributed by atoms with Crippen LogP contribution in [0, 0.1) is 0 Å². The summed E-state index contributed by atoms with van der Waals surface area (Å²) in [6, 6.07) is 0. The van der Waals surface area contributed by atoms with Crippen molar-refractivity contribution in [2.75, 3.05) is 6.61 Å². The van der Waals surface area contributed by atoms with Gasteiger partial charge in [-0.2, -0.15) is 0 Å². The highest BCUT2D eigenvalue weighted by molar-refractivity contribution is 5.76. The monoisotopic (exact) mass is 410 g/mol. The van der Waals surface area contributed by atoms with Crippen LogP contribution in [0.2, 0.25) is 0 Å². The maximum absolute atomic E-state index is 12.0. The van der Waals surface area contributed by atoms with E-state index in [9.17, 15) is 14.4 Å². The first-order chi connectivity index (χ1) is 13.7. The predicted octanol–water partition coefficient (Wildman–Crippen LogP) is 5.36. The molecule has 0 fully saturated rings. The minimum absolute atomic E-state index is 0.152. The van der Waals surface area contributed by atoms with Gasteiger partial charge in [0.2, 0.25) is 0 Å². The van der Waals surface area contributed by atoms with Crippen molar-refractivity contribution in [3.8, 4) is 0 Å². The molecule has 0 heterocycles. The molecule has 0 aliphatic carbocycles. The van der Waals surface area contributed by atoms with E-state index in [0.717, 1.165) is 32.1 Å². The van der Waals surface area contributed by atoms with Crippen LogP contribution < -0.4 is 0 Å². The fraction of sp³-hybridized carbons (Fsp3) is 0.696. The standard InChI is InChI=1S/C23H38O6/c1-5-6-7-11-20(29-23(27)15-13-21(24)25)12-14-22(26)28-17-16-19(4)10-8-9-18(2)3/h9,16,20H,5-8,10-15,17H2,1-4H3,(H,24,25). The minimum Gasteiger partial charge on any atom is -0.481 e. The normalized spacial score (nSPS) is 12.2. The second-order valence-corrected chi connectivity index (χ2v) is 7.59. The van der Waals surface area contributed by atoms with Crippen molar-refractivity contribution in [1.29, 1.82) is 0 Å². The molecule has 0 aromatic carbocycles. The molecule has 166 valence electrons. The quantitative estimate of drug-likeness (QED) is 0.209. The van der Waals surface area contributed by atoms with Crippen molar-refractivity contribution < 1.29 is 29.0 Å². The van der Waals surface area contributed by atoms with Gasteiger partial charge in [0.05, 0.1) is 12.8 Å². The molecule has 6 nitrogen and oxygen atoms in total. The van der Waals surface area contributed by atoms with E-state index >= 15 is 0 Å². The van der Waals surface area contributed by atoms with E-state index in [1.54, 1.807) is 0 Å². The number of esters is 2. The molecular formula is C23H38O6. The fourth-order valence-corrected chi connectivity index (χ4v) is 2.66. The maximum atomic E-state index is 12.0. The first-order valence-corrected chi connectivity index (χ1v) is 10.6. The number of carbonyl (C=O) groups is 3. The molecule has 0 aliphatic rings. The summed E-state index contributed by atoms with van der Waals surface area (Å²) in [5, 5.41) is 8.66. The third kappa shape index (κ3) is 17.7. The summed E-state index contributed by atoms with van der Waals surface area (Å²) in [6.07, 6.45) is 9.43. The van der Waals surface area contributed by atoms with Gasteiger partial charge in [-0.25, -0.2) is 0 Å². The van der Waals surface area contributed by atoms with Gasteiger partial charge in [-0.3, -0.25) is 14.4 Å². The van der Waals surface area contributed by atoms with Crippen molar-refractivity contribution >= 4 is 17.9 Å². The van der Waals surface area contributed by atoms with Gasteiger partial charge in [0.25, 0.3) is 0 Å². The molecule has 0 amide bonds. The lowest BCUT2D eigenvalue weighted by atomic mass is 10.1. The number of allylic oxidation sites excluding steroid dienone is 3. The van der Waals surface area contributed by atoms with Gasteiger partial charge >= 0.3 is 17.9 Å². The van der Waals surface area contributed by atoms with Crippen LogP contribution in [-0.4, -0.2) is 35.7 Å². The molecule has 1 unspecified atom stereocenters. The van der Waals surface area contributed by atoms with Crippen molar-refractivity contribution in [3.63, 3.8) is 0 Å². The van der Waals surface area contributed by atoms with Crippen LogP contribution in [0.1, 0.15) is 91.9 Å². The van der Waals surface area contributed by atoms with Crippen LogP contribution in [0.3, 0.4) is 0 Å². The number of hydrogen-bond acceptors (Lipinski definition) is 5. The lowest BCUT2D eigenvalue weighted by molar-refractivity contribution is -0.154. The van der Waals surface area contributed by atoms with E-state index in [0.29, 0.717) is 12.8 Å². The molecule has 0 saturated heterocycles. The highest BCUT2D eigenvalue weighted by Gasteiger charge is 2.17. The topological polar surface area (TPSA) is 89.9 Å². The van der Waals surface area contributed by atoms with Gasteiger partial charge in [-0.05, 0) is 59.0 Å². The number of unbranched alkanes of at least 4 members (excludes halogenated alkanes) is 2. The summed E-state index contributed by atoms with van der Waals surface area (Å²) in [6.45, 7) is 8.49. The molecule has 0 aromatic rings. The number of carboxylic acids is 1. The molecule has 1 N–H and O–H groups in total. The summed E-state index contributed by atoms with van der Waals surface area (Å²) in [4.78, 5) is 34.4. The molecule has 29 heavy (non-hydrogen) atoms. The number of aliphatic carboxylic acids is 1. The van der Waals surface area contributed by atoms with Crippen LogP contribution in [-0.2, 0) is 23.9 Å². The zero-order chi connectivity index (χ0) is 22.1.